The number of fused-ring (bicyclic) bond motifs is 1. The zero-order chi connectivity index (χ0) is 14.8. The molecule has 108 valence electrons. The maximum Gasteiger partial charge on any atom is 0.225 e. The lowest BCUT2D eigenvalue weighted by atomic mass is 9.87. The van der Waals surface area contributed by atoms with E-state index in [0.717, 1.165) is 23.0 Å². The number of rotatable bonds is 4. The smallest absolute Gasteiger partial charge is 0.225 e. The second-order valence-corrected chi connectivity index (χ2v) is 6.45. The van der Waals surface area contributed by atoms with Crippen LogP contribution in [0.2, 0.25) is 0 Å². The third kappa shape index (κ3) is 4.06. The van der Waals surface area contributed by atoms with Gasteiger partial charge in [0.15, 0.2) is 0 Å². The number of nitrogens with zero attached hydrogens (tertiary/aromatic N) is 1. The Kier molecular flexibility index (Phi) is 4.09. The number of anilines is 1. The van der Waals surface area contributed by atoms with Crippen molar-refractivity contribution in [2.75, 3.05) is 5.32 Å². The fraction of sp³-hybridized carbons (Fsp3) is 0.467. The van der Waals surface area contributed by atoms with Gasteiger partial charge in [0.05, 0.1) is 11.7 Å². The highest BCUT2D eigenvalue weighted by molar-refractivity contribution is 5.93. The largest absolute Gasteiger partial charge is 0.327 e. The Labute approximate surface area is 118 Å². The SMILES string of the molecule is CC(C)(C)CC(N)CC(=O)Nc1ccc2[nH]ncc2c1. The van der Waals surface area contributed by atoms with Gasteiger partial charge in [0.1, 0.15) is 0 Å². The molecule has 0 radical (unpaired) electrons. The number of aromatic amines is 1. The highest BCUT2D eigenvalue weighted by Crippen LogP contribution is 2.21. The molecular weight excluding hydrogens is 252 g/mol. The second kappa shape index (κ2) is 5.63. The zero-order valence-electron chi connectivity index (χ0n) is 12.2. The number of hydrogen-bond donors (Lipinski definition) is 3. The predicted octanol–water partition coefficient (Wildman–Crippen LogP) is 2.66. The maximum atomic E-state index is 12.0. The molecule has 1 atom stereocenters. The van der Waals surface area contributed by atoms with Gasteiger partial charge in [-0.1, -0.05) is 20.8 Å². The molecule has 0 saturated carbocycles. The van der Waals surface area contributed by atoms with Gasteiger partial charge in [-0.3, -0.25) is 9.89 Å². The number of nitrogens with one attached hydrogen (secondary N) is 2. The van der Waals surface area contributed by atoms with E-state index in [1.807, 2.05) is 18.2 Å². The van der Waals surface area contributed by atoms with Crippen LogP contribution in [0.3, 0.4) is 0 Å². The number of carbonyl (C=O) groups excluding carboxylic acids is 1. The lowest BCUT2D eigenvalue weighted by molar-refractivity contribution is -0.116. The summed E-state index contributed by atoms with van der Waals surface area (Å²) in [5.74, 6) is -0.0513. The second-order valence-electron chi connectivity index (χ2n) is 6.45. The molecule has 2 aromatic rings. The average Bonchev–Trinajstić information content (AvgIpc) is 2.72. The van der Waals surface area contributed by atoms with E-state index in [4.69, 9.17) is 5.73 Å². The first-order valence-corrected chi connectivity index (χ1v) is 6.82. The van der Waals surface area contributed by atoms with Crippen molar-refractivity contribution in [1.29, 1.82) is 0 Å². The molecule has 0 aliphatic heterocycles. The molecule has 0 spiro atoms. The molecule has 20 heavy (non-hydrogen) atoms. The van der Waals surface area contributed by atoms with Gasteiger partial charge in [-0.2, -0.15) is 5.10 Å². The van der Waals surface area contributed by atoms with Crippen molar-refractivity contribution in [3.8, 4) is 0 Å². The van der Waals surface area contributed by atoms with Gasteiger partial charge in [0.2, 0.25) is 5.91 Å². The molecule has 0 aliphatic rings. The topological polar surface area (TPSA) is 83.8 Å². The van der Waals surface area contributed by atoms with Crippen LogP contribution in [-0.4, -0.2) is 22.1 Å². The summed E-state index contributed by atoms with van der Waals surface area (Å²) in [7, 11) is 0. The van der Waals surface area contributed by atoms with Gasteiger partial charge in [-0.25, -0.2) is 0 Å². The summed E-state index contributed by atoms with van der Waals surface area (Å²) in [6, 6.07) is 5.53. The van der Waals surface area contributed by atoms with Crippen molar-refractivity contribution in [3.63, 3.8) is 0 Å². The fourth-order valence-electron chi connectivity index (χ4n) is 2.33. The van der Waals surface area contributed by atoms with Crippen LogP contribution in [0.15, 0.2) is 24.4 Å². The molecule has 0 aliphatic carbocycles. The Hall–Kier alpha value is -1.88. The summed E-state index contributed by atoms with van der Waals surface area (Å²) in [5.41, 5.74) is 7.87. The first-order chi connectivity index (χ1) is 9.33. The Morgan fingerprint density at radius 2 is 2.20 bits per heavy atom. The van der Waals surface area contributed by atoms with Crippen molar-refractivity contribution >= 4 is 22.5 Å². The molecule has 5 nitrogen and oxygen atoms in total. The van der Waals surface area contributed by atoms with Gasteiger partial charge in [-0.15, -0.1) is 0 Å². The highest BCUT2D eigenvalue weighted by atomic mass is 16.1. The van der Waals surface area contributed by atoms with Gasteiger partial charge in [0, 0.05) is 23.5 Å². The van der Waals surface area contributed by atoms with E-state index in [9.17, 15) is 4.79 Å². The van der Waals surface area contributed by atoms with Crippen LogP contribution in [0.1, 0.15) is 33.6 Å². The molecule has 0 fully saturated rings. The zero-order valence-corrected chi connectivity index (χ0v) is 12.2. The minimum Gasteiger partial charge on any atom is -0.327 e. The average molecular weight is 274 g/mol. The normalized spacial score (nSPS) is 13.4. The highest BCUT2D eigenvalue weighted by Gasteiger charge is 2.18. The first kappa shape index (κ1) is 14.5. The molecule has 5 heteroatoms. The molecule has 0 saturated heterocycles. The summed E-state index contributed by atoms with van der Waals surface area (Å²) < 4.78 is 0. The van der Waals surface area contributed by atoms with Crippen molar-refractivity contribution in [2.24, 2.45) is 11.1 Å². The van der Waals surface area contributed by atoms with Crippen molar-refractivity contribution in [3.05, 3.63) is 24.4 Å². The summed E-state index contributed by atoms with van der Waals surface area (Å²) in [5, 5.41) is 10.7. The van der Waals surface area contributed by atoms with Crippen LogP contribution in [0, 0.1) is 5.41 Å². The van der Waals surface area contributed by atoms with E-state index in [2.05, 4.69) is 36.3 Å². The van der Waals surface area contributed by atoms with Gasteiger partial charge in [0.25, 0.3) is 0 Å². The van der Waals surface area contributed by atoms with E-state index in [1.165, 1.54) is 0 Å². The standard InChI is InChI=1S/C15H22N4O/c1-15(2,3)8-11(16)7-14(20)18-12-4-5-13-10(6-12)9-17-19-13/h4-6,9,11H,7-8,16H2,1-3H3,(H,17,19)(H,18,20). The van der Waals surface area contributed by atoms with Crippen LogP contribution < -0.4 is 11.1 Å². The molecule has 0 bridgehead atoms. The summed E-state index contributed by atoms with van der Waals surface area (Å²) in [6.45, 7) is 6.37. The minimum absolute atomic E-state index is 0.0513. The van der Waals surface area contributed by atoms with Crippen molar-refractivity contribution < 1.29 is 4.79 Å². The number of hydrogen-bond acceptors (Lipinski definition) is 3. The molecule has 1 unspecified atom stereocenters. The van der Waals surface area contributed by atoms with E-state index in [-0.39, 0.29) is 17.4 Å². The monoisotopic (exact) mass is 274 g/mol. The van der Waals surface area contributed by atoms with Crippen molar-refractivity contribution in [2.45, 2.75) is 39.7 Å². The molecule has 2 rings (SSSR count). The van der Waals surface area contributed by atoms with Crippen LogP contribution in [0.25, 0.3) is 10.9 Å². The molecule has 4 N–H and O–H groups in total. The van der Waals surface area contributed by atoms with E-state index in [0.29, 0.717) is 6.42 Å². The minimum atomic E-state index is -0.118. The summed E-state index contributed by atoms with van der Waals surface area (Å²) in [4.78, 5) is 12.0. The number of nitrogens with two attached hydrogens (primary N) is 1. The number of carbonyl (C=O) groups is 1. The van der Waals surface area contributed by atoms with E-state index >= 15 is 0 Å². The lowest BCUT2D eigenvalue weighted by Crippen LogP contribution is -2.31. The number of H-pyrrole nitrogens is 1. The molecule has 1 amide bonds. The number of aromatic nitrogens is 2. The van der Waals surface area contributed by atoms with Gasteiger partial charge < -0.3 is 11.1 Å². The maximum absolute atomic E-state index is 12.0. The number of amides is 1. The van der Waals surface area contributed by atoms with Crippen LogP contribution in [0.4, 0.5) is 5.69 Å². The summed E-state index contributed by atoms with van der Waals surface area (Å²) >= 11 is 0. The van der Waals surface area contributed by atoms with E-state index in [1.54, 1.807) is 6.20 Å². The molecular formula is C15H22N4O. The van der Waals surface area contributed by atoms with Crippen LogP contribution in [-0.2, 0) is 4.79 Å². The quantitative estimate of drug-likeness (QED) is 0.801. The number of benzene rings is 1. The lowest BCUT2D eigenvalue weighted by Gasteiger charge is -2.22. The Morgan fingerprint density at radius 3 is 2.90 bits per heavy atom. The van der Waals surface area contributed by atoms with Gasteiger partial charge in [-0.05, 0) is 30.0 Å². The van der Waals surface area contributed by atoms with Crippen LogP contribution in [0.5, 0.6) is 0 Å². The fourth-order valence-corrected chi connectivity index (χ4v) is 2.33. The molecule has 1 heterocycles. The first-order valence-electron chi connectivity index (χ1n) is 6.82. The molecule has 1 aromatic heterocycles. The Balaban J connectivity index is 1.93. The van der Waals surface area contributed by atoms with Gasteiger partial charge >= 0.3 is 0 Å². The van der Waals surface area contributed by atoms with Crippen molar-refractivity contribution in [1.82, 2.24) is 10.2 Å². The Morgan fingerprint density at radius 1 is 1.45 bits per heavy atom. The van der Waals surface area contributed by atoms with Crippen LogP contribution >= 0.6 is 0 Å². The third-order valence-electron chi connectivity index (χ3n) is 3.05. The summed E-state index contributed by atoms with van der Waals surface area (Å²) in [6.07, 6.45) is 2.89. The van der Waals surface area contributed by atoms with E-state index < -0.39 is 0 Å². The third-order valence-corrected chi connectivity index (χ3v) is 3.05. The Bertz CT molecular complexity index is 597. The molecule has 1 aromatic carbocycles. The predicted molar refractivity (Wildman–Crippen MR) is 81.4 cm³/mol.